The van der Waals surface area contributed by atoms with Crippen molar-refractivity contribution >= 4 is 22.6 Å². The van der Waals surface area contributed by atoms with E-state index in [1.807, 2.05) is 24.3 Å². The summed E-state index contributed by atoms with van der Waals surface area (Å²) in [6.45, 7) is 0. The van der Waals surface area contributed by atoms with Gasteiger partial charge in [0.2, 0.25) is 0 Å². The third kappa shape index (κ3) is 1.02. The molecule has 0 aliphatic rings. The van der Waals surface area contributed by atoms with Crippen LogP contribution in [0, 0.1) is 0 Å². The lowest BCUT2D eigenvalue weighted by Gasteiger charge is -1.94. The monoisotopic (exact) mass is 166 g/mol. The second kappa shape index (κ2) is 2.59. The molecule has 1 heterocycles. The summed E-state index contributed by atoms with van der Waals surface area (Å²) in [4.78, 5) is 0. The molecule has 0 N–H and O–H groups in total. The highest BCUT2D eigenvalue weighted by atomic mass is 35.5. The van der Waals surface area contributed by atoms with E-state index in [4.69, 9.17) is 16.0 Å². The maximum atomic E-state index is 5.70. The van der Waals surface area contributed by atoms with Crippen LogP contribution in [0.5, 0.6) is 0 Å². The van der Waals surface area contributed by atoms with E-state index in [2.05, 4.69) is 0 Å². The maximum absolute atomic E-state index is 5.70. The van der Waals surface area contributed by atoms with E-state index < -0.39 is 0 Å². The minimum absolute atomic E-state index is 0.505. The largest absolute Gasteiger partial charge is 0.464 e. The van der Waals surface area contributed by atoms with Crippen molar-refractivity contribution in [2.75, 3.05) is 0 Å². The van der Waals surface area contributed by atoms with Crippen LogP contribution in [0.4, 0.5) is 0 Å². The Balaban J connectivity index is 2.79. The average molecular weight is 167 g/mol. The molecule has 2 heteroatoms. The van der Waals surface area contributed by atoms with Crippen molar-refractivity contribution in [1.29, 1.82) is 0 Å². The average Bonchev–Trinajstić information content (AvgIpc) is 2.50. The molecule has 1 aromatic heterocycles. The lowest BCUT2D eigenvalue weighted by molar-refractivity contribution is 0.613. The van der Waals surface area contributed by atoms with Gasteiger partial charge in [-0.1, -0.05) is 18.2 Å². The van der Waals surface area contributed by atoms with Crippen molar-refractivity contribution in [3.8, 4) is 0 Å². The molecule has 0 unspecified atom stereocenters. The Morgan fingerprint density at radius 2 is 2.18 bits per heavy atom. The smallest absolute Gasteiger partial charge is 0.138 e. The van der Waals surface area contributed by atoms with Gasteiger partial charge in [-0.15, -0.1) is 11.6 Å². The highest BCUT2D eigenvalue weighted by Gasteiger charge is 2.00. The standard InChI is InChI=1S/C9H7ClO/c10-6-8-3-1-2-7-4-5-11-9(7)8/h1-5H,6H2. The van der Waals surface area contributed by atoms with Gasteiger partial charge in [0.25, 0.3) is 0 Å². The van der Waals surface area contributed by atoms with Gasteiger partial charge >= 0.3 is 0 Å². The second-order valence-electron chi connectivity index (χ2n) is 2.39. The number of furan rings is 1. The van der Waals surface area contributed by atoms with Crippen LogP contribution >= 0.6 is 11.6 Å². The zero-order chi connectivity index (χ0) is 7.68. The molecule has 0 saturated heterocycles. The molecule has 2 rings (SSSR count). The number of fused-ring (bicyclic) bond motifs is 1. The first-order chi connectivity index (χ1) is 5.42. The molecule has 0 fully saturated rings. The maximum Gasteiger partial charge on any atom is 0.138 e. The lowest BCUT2D eigenvalue weighted by atomic mass is 10.2. The Kier molecular flexibility index (Phi) is 1.59. The Hall–Kier alpha value is -0.950. The number of alkyl halides is 1. The predicted octanol–water partition coefficient (Wildman–Crippen LogP) is 3.17. The van der Waals surface area contributed by atoms with Crippen LogP contribution in [0.25, 0.3) is 11.0 Å². The second-order valence-corrected chi connectivity index (χ2v) is 2.66. The van der Waals surface area contributed by atoms with E-state index in [-0.39, 0.29) is 0 Å². The summed E-state index contributed by atoms with van der Waals surface area (Å²) < 4.78 is 5.26. The number of rotatable bonds is 1. The topological polar surface area (TPSA) is 13.1 Å². The van der Waals surface area contributed by atoms with Gasteiger partial charge in [0.1, 0.15) is 5.58 Å². The van der Waals surface area contributed by atoms with Crippen molar-refractivity contribution < 1.29 is 4.42 Å². The fourth-order valence-electron chi connectivity index (χ4n) is 1.16. The van der Waals surface area contributed by atoms with E-state index >= 15 is 0 Å². The number of para-hydroxylation sites is 1. The lowest BCUT2D eigenvalue weighted by Crippen LogP contribution is -1.76. The van der Waals surface area contributed by atoms with Crippen LogP contribution < -0.4 is 0 Å². The van der Waals surface area contributed by atoms with Crippen LogP contribution in [-0.2, 0) is 5.88 Å². The van der Waals surface area contributed by atoms with Crippen LogP contribution in [-0.4, -0.2) is 0 Å². The van der Waals surface area contributed by atoms with Gasteiger partial charge in [-0.3, -0.25) is 0 Å². The third-order valence-electron chi connectivity index (χ3n) is 1.70. The van der Waals surface area contributed by atoms with E-state index in [1.54, 1.807) is 6.26 Å². The number of halogens is 1. The molecule has 56 valence electrons. The Bertz CT molecular complexity index is 364. The van der Waals surface area contributed by atoms with Gasteiger partial charge in [0.05, 0.1) is 12.1 Å². The normalized spacial score (nSPS) is 10.6. The zero-order valence-corrected chi connectivity index (χ0v) is 6.64. The van der Waals surface area contributed by atoms with E-state index in [0.29, 0.717) is 5.88 Å². The fourth-order valence-corrected chi connectivity index (χ4v) is 1.37. The minimum Gasteiger partial charge on any atom is -0.464 e. The van der Waals surface area contributed by atoms with Gasteiger partial charge in [0, 0.05) is 10.9 Å². The molecule has 0 saturated carbocycles. The van der Waals surface area contributed by atoms with Crippen molar-refractivity contribution in [1.82, 2.24) is 0 Å². The summed E-state index contributed by atoms with van der Waals surface area (Å²) >= 11 is 5.70. The molecule has 0 bridgehead atoms. The molecule has 0 atom stereocenters. The van der Waals surface area contributed by atoms with E-state index in [0.717, 1.165) is 16.5 Å². The van der Waals surface area contributed by atoms with Gasteiger partial charge in [0.15, 0.2) is 0 Å². The number of hydrogen-bond donors (Lipinski definition) is 0. The number of hydrogen-bond acceptors (Lipinski definition) is 1. The summed E-state index contributed by atoms with van der Waals surface area (Å²) in [5, 5.41) is 1.11. The predicted molar refractivity (Wildman–Crippen MR) is 45.8 cm³/mol. The molecule has 0 aliphatic carbocycles. The SMILES string of the molecule is ClCc1cccc2ccoc12. The molecule has 0 spiro atoms. The third-order valence-corrected chi connectivity index (χ3v) is 1.99. The van der Waals surface area contributed by atoms with E-state index in [9.17, 15) is 0 Å². The van der Waals surface area contributed by atoms with Gasteiger partial charge in [-0.05, 0) is 6.07 Å². The molecule has 0 aliphatic heterocycles. The van der Waals surface area contributed by atoms with Gasteiger partial charge < -0.3 is 4.42 Å². The quantitative estimate of drug-likeness (QED) is 0.593. The van der Waals surface area contributed by atoms with Crippen LogP contribution in [0.2, 0.25) is 0 Å². The fraction of sp³-hybridized carbons (Fsp3) is 0.111. The van der Waals surface area contributed by atoms with Crippen LogP contribution in [0.3, 0.4) is 0 Å². The van der Waals surface area contributed by atoms with Crippen LogP contribution in [0.15, 0.2) is 34.9 Å². The molecular formula is C9H7ClO. The Morgan fingerprint density at radius 3 is 3.00 bits per heavy atom. The van der Waals surface area contributed by atoms with Gasteiger partial charge in [-0.2, -0.15) is 0 Å². The minimum atomic E-state index is 0.505. The zero-order valence-electron chi connectivity index (χ0n) is 5.88. The van der Waals surface area contributed by atoms with E-state index in [1.165, 1.54) is 0 Å². The summed E-state index contributed by atoms with van der Waals surface area (Å²) in [6.07, 6.45) is 1.68. The Labute approximate surface area is 69.6 Å². The molecule has 1 nitrogen and oxygen atoms in total. The molecular weight excluding hydrogens is 160 g/mol. The summed E-state index contributed by atoms with van der Waals surface area (Å²) in [5.41, 5.74) is 1.96. The van der Waals surface area contributed by atoms with Crippen molar-refractivity contribution in [2.45, 2.75) is 5.88 Å². The first-order valence-corrected chi connectivity index (χ1v) is 3.96. The highest BCUT2D eigenvalue weighted by Crippen LogP contribution is 2.20. The first-order valence-electron chi connectivity index (χ1n) is 3.43. The molecule has 2 aromatic rings. The molecule has 0 radical (unpaired) electrons. The summed E-state index contributed by atoms with van der Waals surface area (Å²) in [6, 6.07) is 7.90. The molecule has 11 heavy (non-hydrogen) atoms. The molecule has 0 amide bonds. The molecule has 1 aromatic carbocycles. The summed E-state index contributed by atoms with van der Waals surface area (Å²) in [7, 11) is 0. The van der Waals surface area contributed by atoms with Crippen molar-refractivity contribution in [2.24, 2.45) is 0 Å². The first kappa shape index (κ1) is 6.74. The highest BCUT2D eigenvalue weighted by molar-refractivity contribution is 6.17. The van der Waals surface area contributed by atoms with Crippen molar-refractivity contribution in [3.63, 3.8) is 0 Å². The summed E-state index contributed by atoms with van der Waals surface area (Å²) in [5.74, 6) is 0.505. The Morgan fingerprint density at radius 1 is 1.27 bits per heavy atom. The van der Waals surface area contributed by atoms with Crippen molar-refractivity contribution in [3.05, 3.63) is 36.1 Å². The number of benzene rings is 1. The van der Waals surface area contributed by atoms with Crippen LogP contribution in [0.1, 0.15) is 5.56 Å². The van der Waals surface area contributed by atoms with Gasteiger partial charge in [-0.25, -0.2) is 0 Å².